The SMILES string of the molecule is CN1CCC(N(C)Cc2ccc(NN)c([N+](=O)[O-])c2)CC1. The molecule has 1 fully saturated rings. The van der Waals surface area contributed by atoms with Gasteiger partial charge in [0.25, 0.3) is 5.69 Å². The van der Waals surface area contributed by atoms with Crippen molar-refractivity contribution in [2.24, 2.45) is 5.84 Å². The molecule has 0 aromatic heterocycles. The zero-order valence-corrected chi connectivity index (χ0v) is 12.6. The van der Waals surface area contributed by atoms with Gasteiger partial charge in [-0.2, -0.15) is 0 Å². The molecule has 0 bridgehead atoms. The van der Waals surface area contributed by atoms with E-state index in [4.69, 9.17) is 5.84 Å². The van der Waals surface area contributed by atoms with E-state index >= 15 is 0 Å². The van der Waals surface area contributed by atoms with Crippen LogP contribution in [0.3, 0.4) is 0 Å². The summed E-state index contributed by atoms with van der Waals surface area (Å²) in [6.07, 6.45) is 2.27. The summed E-state index contributed by atoms with van der Waals surface area (Å²) in [7, 11) is 4.22. The molecule has 0 unspecified atom stereocenters. The Labute approximate surface area is 124 Å². The molecular weight excluding hydrogens is 270 g/mol. The quantitative estimate of drug-likeness (QED) is 0.485. The molecule has 116 valence electrons. The summed E-state index contributed by atoms with van der Waals surface area (Å²) in [6, 6.07) is 5.68. The van der Waals surface area contributed by atoms with Gasteiger partial charge in [0, 0.05) is 18.7 Å². The Kier molecular flexibility index (Phi) is 5.11. The molecule has 1 aromatic carbocycles. The molecule has 0 amide bonds. The van der Waals surface area contributed by atoms with E-state index in [0.29, 0.717) is 18.3 Å². The molecule has 7 nitrogen and oxygen atoms in total. The van der Waals surface area contributed by atoms with Crippen LogP contribution in [0.15, 0.2) is 18.2 Å². The van der Waals surface area contributed by atoms with Crippen LogP contribution in [0.1, 0.15) is 18.4 Å². The number of anilines is 1. The van der Waals surface area contributed by atoms with Crippen LogP contribution in [-0.2, 0) is 6.54 Å². The van der Waals surface area contributed by atoms with Crippen molar-refractivity contribution < 1.29 is 4.92 Å². The molecule has 0 saturated carbocycles. The van der Waals surface area contributed by atoms with E-state index < -0.39 is 4.92 Å². The van der Waals surface area contributed by atoms with Gasteiger partial charge in [0.1, 0.15) is 5.69 Å². The van der Waals surface area contributed by atoms with Gasteiger partial charge in [-0.3, -0.25) is 20.9 Å². The van der Waals surface area contributed by atoms with Crippen molar-refractivity contribution in [3.05, 3.63) is 33.9 Å². The molecule has 21 heavy (non-hydrogen) atoms. The first-order valence-electron chi connectivity index (χ1n) is 7.14. The van der Waals surface area contributed by atoms with Crippen LogP contribution in [-0.4, -0.2) is 47.9 Å². The van der Waals surface area contributed by atoms with Crippen molar-refractivity contribution in [2.45, 2.75) is 25.4 Å². The number of likely N-dealkylation sites (tertiary alicyclic amines) is 1. The standard InChI is InChI=1S/C14H23N5O2/c1-17-7-5-12(6-8-17)18(2)10-11-3-4-13(16-15)14(9-11)19(20)21/h3-4,9,12,16H,5-8,10,15H2,1-2H3. The largest absolute Gasteiger partial charge is 0.318 e. The predicted molar refractivity (Wildman–Crippen MR) is 82.9 cm³/mol. The van der Waals surface area contributed by atoms with Gasteiger partial charge in [-0.15, -0.1) is 0 Å². The van der Waals surface area contributed by atoms with E-state index in [9.17, 15) is 10.1 Å². The van der Waals surface area contributed by atoms with E-state index in [1.807, 2.05) is 6.07 Å². The third-order valence-corrected chi connectivity index (χ3v) is 4.16. The zero-order valence-electron chi connectivity index (χ0n) is 12.6. The molecule has 3 N–H and O–H groups in total. The van der Waals surface area contributed by atoms with E-state index in [-0.39, 0.29) is 5.69 Å². The van der Waals surface area contributed by atoms with Gasteiger partial charge in [0.05, 0.1) is 4.92 Å². The van der Waals surface area contributed by atoms with E-state index in [1.54, 1.807) is 12.1 Å². The average molecular weight is 293 g/mol. The molecule has 2 rings (SSSR count). The predicted octanol–water partition coefficient (Wildman–Crippen LogP) is 1.41. The fraction of sp³-hybridized carbons (Fsp3) is 0.571. The van der Waals surface area contributed by atoms with Crippen LogP contribution in [0.4, 0.5) is 11.4 Å². The Morgan fingerprint density at radius 2 is 2.14 bits per heavy atom. The van der Waals surface area contributed by atoms with Crippen LogP contribution in [0.2, 0.25) is 0 Å². The number of nitrogens with one attached hydrogen (secondary N) is 1. The summed E-state index contributed by atoms with van der Waals surface area (Å²) in [5.74, 6) is 5.30. The zero-order chi connectivity index (χ0) is 15.4. The number of nitro groups is 1. The van der Waals surface area contributed by atoms with E-state index in [1.165, 1.54) is 0 Å². The Bertz CT molecular complexity index is 500. The number of rotatable bonds is 5. The van der Waals surface area contributed by atoms with Crippen LogP contribution in [0.5, 0.6) is 0 Å². The highest BCUT2D eigenvalue weighted by atomic mass is 16.6. The van der Waals surface area contributed by atoms with Crippen LogP contribution >= 0.6 is 0 Å². The van der Waals surface area contributed by atoms with Gasteiger partial charge in [-0.25, -0.2) is 0 Å². The summed E-state index contributed by atoms with van der Waals surface area (Å²) >= 11 is 0. The molecule has 1 saturated heterocycles. The van der Waals surface area contributed by atoms with Crippen LogP contribution in [0, 0.1) is 10.1 Å². The molecule has 0 aliphatic carbocycles. The number of hydrogen-bond acceptors (Lipinski definition) is 6. The topological polar surface area (TPSA) is 87.7 Å². The van der Waals surface area contributed by atoms with Gasteiger partial charge in [0.2, 0.25) is 0 Å². The van der Waals surface area contributed by atoms with Gasteiger partial charge in [-0.05, 0) is 51.7 Å². The molecule has 7 heteroatoms. The maximum Gasteiger partial charge on any atom is 0.293 e. The lowest BCUT2D eigenvalue weighted by Crippen LogP contribution is -2.41. The summed E-state index contributed by atoms with van der Waals surface area (Å²) < 4.78 is 0. The summed E-state index contributed by atoms with van der Waals surface area (Å²) in [5.41, 5.74) is 3.66. The number of piperidine rings is 1. The van der Waals surface area contributed by atoms with E-state index in [0.717, 1.165) is 31.5 Å². The smallest absolute Gasteiger partial charge is 0.293 e. The van der Waals surface area contributed by atoms with E-state index in [2.05, 4.69) is 29.3 Å². The highest BCUT2D eigenvalue weighted by molar-refractivity contribution is 5.61. The number of nitrogen functional groups attached to an aromatic ring is 1. The van der Waals surface area contributed by atoms with Crippen LogP contribution < -0.4 is 11.3 Å². The van der Waals surface area contributed by atoms with Crippen molar-refractivity contribution >= 4 is 11.4 Å². The van der Waals surface area contributed by atoms with Crippen molar-refractivity contribution in [1.82, 2.24) is 9.80 Å². The molecule has 1 aliphatic rings. The summed E-state index contributed by atoms with van der Waals surface area (Å²) in [6.45, 7) is 2.91. The molecule has 1 aromatic rings. The second-order valence-electron chi connectivity index (χ2n) is 5.70. The van der Waals surface area contributed by atoms with Crippen molar-refractivity contribution in [3.8, 4) is 0 Å². The first kappa shape index (κ1) is 15.7. The Balaban J connectivity index is 2.05. The number of benzene rings is 1. The highest BCUT2D eigenvalue weighted by Crippen LogP contribution is 2.26. The van der Waals surface area contributed by atoms with Gasteiger partial charge in [0.15, 0.2) is 0 Å². The molecule has 1 aliphatic heterocycles. The lowest BCUT2D eigenvalue weighted by Gasteiger charge is -2.35. The first-order chi connectivity index (χ1) is 10.0. The minimum atomic E-state index is -0.408. The maximum atomic E-state index is 11.0. The number of nitro benzene ring substituents is 1. The number of nitrogens with two attached hydrogens (primary N) is 1. The molecule has 0 atom stereocenters. The average Bonchev–Trinajstić information content (AvgIpc) is 2.47. The van der Waals surface area contributed by atoms with Gasteiger partial charge >= 0.3 is 0 Å². The summed E-state index contributed by atoms with van der Waals surface area (Å²) in [4.78, 5) is 15.2. The van der Waals surface area contributed by atoms with Crippen molar-refractivity contribution in [3.63, 3.8) is 0 Å². The normalized spacial score (nSPS) is 17.1. The molecule has 1 heterocycles. The minimum Gasteiger partial charge on any atom is -0.318 e. The Hall–Kier alpha value is -1.70. The number of nitrogens with zero attached hydrogens (tertiary/aromatic N) is 3. The molecule has 0 radical (unpaired) electrons. The van der Waals surface area contributed by atoms with Gasteiger partial charge in [-0.1, -0.05) is 6.07 Å². The number of hydrazine groups is 1. The third-order valence-electron chi connectivity index (χ3n) is 4.16. The third kappa shape index (κ3) is 3.90. The minimum absolute atomic E-state index is 0.0202. The van der Waals surface area contributed by atoms with Crippen molar-refractivity contribution in [1.29, 1.82) is 0 Å². The van der Waals surface area contributed by atoms with Crippen molar-refractivity contribution in [2.75, 3.05) is 32.6 Å². The molecule has 0 spiro atoms. The maximum absolute atomic E-state index is 11.0. The fourth-order valence-electron chi connectivity index (χ4n) is 2.80. The highest BCUT2D eigenvalue weighted by Gasteiger charge is 2.21. The number of hydrogen-bond donors (Lipinski definition) is 2. The second-order valence-corrected chi connectivity index (χ2v) is 5.70. The van der Waals surface area contributed by atoms with Gasteiger partial charge < -0.3 is 10.3 Å². The van der Waals surface area contributed by atoms with Crippen LogP contribution in [0.25, 0.3) is 0 Å². The lowest BCUT2D eigenvalue weighted by atomic mass is 10.0. The Morgan fingerprint density at radius 1 is 1.48 bits per heavy atom. The lowest BCUT2D eigenvalue weighted by molar-refractivity contribution is -0.384. The summed E-state index contributed by atoms with van der Waals surface area (Å²) in [5, 5.41) is 11.0. The second kappa shape index (κ2) is 6.84. The monoisotopic (exact) mass is 293 g/mol. The first-order valence-corrected chi connectivity index (χ1v) is 7.14. The Morgan fingerprint density at radius 3 is 2.71 bits per heavy atom. The molecular formula is C14H23N5O2. The fourth-order valence-corrected chi connectivity index (χ4v) is 2.80.